The van der Waals surface area contributed by atoms with E-state index < -0.39 is 29.3 Å². The summed E-state index contributed by atoms with van der Waals surface area (Å²) in [5, 5.41) is 3.96. The smallest absolute Gasteiger partial charge is 0.349 e. The number of carbonyl (C=O) groups excluding carboxylic acids is 4. The topological polar surface area (TPSA) is 163 Å². The van der Waals surface area contributed by atoms with Crippen LogP contribution in [0.4, 0.5) is 5.69 Å². The third kappa shape index (κ3) is 9.58. The van der Waals surface area contributed by atoms with Gasteiger partial charge in [-0.2, -0.15) is 0 Å². The number of hydrogen-bond donors (Lipinski definition) is 1. The molecular formula is C32H43N3O11. The molecule has 46 heavy (non-hydrogen) atoms. The Balaban J connectivity index is 1.02. The Morgan fingerprint density at radius 2 is 1.52 bits per heavy atom. The van der Waals surface area contributed by atoms with Crippen molar-refractivity contribution in [2.45, 2.75) is 52.4 Å². The van der Waals surface area contributed by atoms with Crippen molar-refractivity contribution in [1.82, 2.24) is 10.4 Å². The van der Waals surface area contributed by atoms with Crippen LogP contribution in [-0.2, 0) is 51.0 Å². The minimum absolute atomic E-state index is 0.0135. The van der Waals surface area contributed by atoms with E-state index in [1.807, 2.05) is 0 Å². The normalized spacial score (nSPS) is 13.7. The van der Waals surface area contributed by atoms with E-state index in [0.29, 0.717) is 43.7 Å². The highest BCUT2D eigenvalue weighted by Gasteiger charge is 2.28. The Hall–Kier alpha value is -3.85. The van der Waals surface area contributed by atoms with Crippen molar-refractivity contribution < 1.29 is 47.4 Å². The number of hydroxylamine groups is 2. The van der Waals surface area contributed by atoms with E-state index in [4.69, 9.17) is 28.2 Å². The zero-order valence-corrected chi connectivity index (χ0v) is 26.6. The SMILES string of the molecule is CCC(=O)N(OC(=O)CCOCCOCCOCCOCCNC(=O)c1cc2cc3c4c(c2oc1=O)CCCN4CCC3)C(C)=O. The standard InChI is InChI=1S/C32H43N3O11/c1-3-27(37)35(22(2)36)46-28(38)8-12-41-14-16-43-18-19-44-17-15-42-13-9-33-31(39)26-21-24-20-23-6-4-10-34-11-5-7-25(29(23)34)30(24)45-32(26)40/h20-21H,3-19H2,1-2H3,(H,33,39). The zero-order chi connectivity index (χ0) is 32.9. The number of hydrogen-bond acceptors (Lipinski definition) is 12. The first-order valence-electron chi connectivity index (χ1n) is 15.8. The predicted octanol–water partition coefficient (Wildman–Crippen LogP) is 1.92. The van der Waals surface area contributed by atoms with E-state index in [9.17, 15) is 24.0 Å². The van der Waals surface area contributed by atoms with Gasteiger partial charge in [0.2, 0.25) is 0 Å². The molecule has 0 saturated heterocycles. The van der Waals surface area contributed by atoms with Gasteiger partial charge in [0.25, 0.3) is 17.7 Å². The molecule has 0 bridgehead atoms. The molecule has 4 rings (SSSR count). The second-order valence-corrected chi connectivity index (χ2v) is 10.9. The fourth-order valence-electron chi connectivity index (χ4n) is 5.44. The highest BCUT2D eigenvalue weighted by molar-refractivity contribution is 5.98. The van der Waals surface area contributed by atoms with Gasteiger partial charge in [-0.15, -0.1) is 5.06 Å². The first-order valence-corrected chi connectivity index (χ1v) is 15.8. The number of fused-ring (bicyclic) bond motifs is 2. The lowest BCUT2D eigenvalue weighted by molar-refractivity contribution is -0.202. The van der Waals surface area contributed by atoms with Crippen molar-refractivity contribution in [1.29, 1.82) is 0 Å². The summed E-state index contributed by atoms with van der Waals surface area (Å²) in [4.78, 5) is 67.3. The van der Waals surface area contributed by atoms with Gasteiger partial charge in [-0.05, 0) is 43.4 Å². The van der Waals surface area contributed by atoms with E-state index in [1.165, 1.54) is 11.3 Å². The molecule has 14 heteroatoms. The molecule has 0 spiro atoms. The summed E-state index contributed by atoms with van der Waals surface area (Å²) in [6, 6.07) is 3.70. The molecule has 1 aromatic carbocycles. The lowest BCUT2D eigenvalue weighted by Crippen LogP contribution is -2.37. The average Bonchev–Trinajstić information content (AvgIpc) is 3.05. The Bertz CT molecular complexity index is 1440. The number of nitrogens with zero attached hydrogens (tertiary/aromatic N) is 2. The minimum Gasteiger partial charge on any atom is -0.422 e. The van der Waals surface area contributed by atoms with Gasteiger partial charge in [-0.3, -0.25) is 14.4 Å². The highest BCUT2D eigenvalue weighted by Crippen LogP contribution is 2.39. The molecule has 2 aliphatic heterocycles. The van der Waals surface area contributed by atoms with Crippen LogP contribution in [-0.4, -0.2) is 101 Å². The van der Waals surface area contributed by atoms with Crippen LogP contribution in [0.3, 0.4) is 0 Å². The number of ether oxygens (including phenoxy) is 4. The van der Waals surface area contributed by atoms with Crippen LogP contribution >= 0.6 is 0 Å². The molecule has 3 heterocycles. The Morgan fingerprint density at radius 3 is 2.17 bits per heavy atom. The first kappa shape index (κ1) is 35.0. The number of aryl methyl sites for hydroxylation is 2. The molecule has 0 radical (unpaired) electrons. The maximum atomic E-state index is 12.7. The fraction of sp³-hybridized carbons (Fsp3) is 0.594. The number of rotatable bonds is 17. The number of nitrogens with one attached hydrogen (secondary N) is 1. The first-order chi connectivity index (χ1) is 22.3. The molecule has 1 N–H and O–H groups in total. The van der Waals surface area contributed by atoms with Crippen molar-refractivity contribution in [2.24, 2.45) is 0 Å². The van der Waals surface area contributed by atoms with Crippen LogP contribution < -0.4 is 15.8 Å². The lowest BCUT2D eigenvalue weighted by atomic mass is 9.90. The molecule has 0 fully saturated rings. The van der Waals surface area contributed by atoms with E-state index in [0.717, 1.165) is 56.6 Å². The molecule has 14 nitrogen and oxygen atoms in total. The summed E-state index contributed by atoms with van der Waals surface area (Å²) < 4.78 is 27.3. The van der Waals surface area contributed by atoms with Gasteiger partial charge in [-0.1, -0.05) is 6.92 Å². The lowest BCUT2D eigenvalue weighted by Gasteiger charge is -2.37. The van der Waals surface area contributed by atoms with Crippen molar-refractivity contribution in [3.05, 3.63) is 39.2 Å². The summed E-state index contributed by atoms with van der Waals surface area (Å²) in [6.45, 7) is 7.16. The molecule has 252 valence electrons. The Labute approximate surface area is 267 Å². The quantitative estimate of drug-likeness (QED) is 0.151. The fourth-order valence-corrected chi connectivity index (χ4v) is 5.44. The van der Waals surface area contributed by atoms with E-state index in [2.05, 4.69) is 16.3 Å². The summed E-state index contributed by atoms with van der Waals surface area (Å²) in [5.74, 6) is -2.50. The van der Waals surface area contributed by atoms with Crippen molar-refractivity contribution in [3.63, 3.8) is 0 Å². The van der Waals surface area contributed by atoms with Gasteiger partial charge in [0.15, 0.2) is 0 Å². The summed E-state index contributed by atoms with van der Waals surface area (Å²) >= 11 is 0. The van der Waals surface area contributed by atoms with Crippen molar-refractivity contribution >= 4 is 40.3 Å². The number of imide groups is 1. The van der Waals surface area contributed by atoms with Crippen molar-refractivity contribution in [2.75, 3.05) is 77.4 Å². The molecule has 3 amide bonds. The summed E-state index contributed by atoms with van der Waals surface area (Å²) in [5.41, 5.74) is 3.49. The average molecular weight is 646 g/mol. The number of carbonyl (C=O) groups is 4. The van der Waals surface area contributed by atoms with Gasteiger partial charge in [0, 0.05) is 49.6 Å². The molecule has 2 aromatic rings. The van der Waals surface area contributed by atoms with Gasteiger partial charge in [0.05, 0.1) is 59.3 Å². The molecule has 1 aromatic heterocycles. The van der Waals surface area contributed by atoms with Gasteiger partial charge >= 0.3 is 11.6 Å². The molecule has 2 aliphatic rings. The maximum Gasteiger partial charge on any atom is 0.349 e. The number of amides is 3. The van der Waals surface area contributed by atoms with Crippen LogP contribution in [0.25, 0.3) is 11.0 Å². The summed E-state index contributed by atoms with van der Waals surface area (Å²) in [6.07, 6.45) is 3.88. The zero-order valence-electron chi connectivity index (χ0n) is 26.6. The largest absolute Gasteiger partial charge is 0.422 e. The molecule has 0 saturated carbocycles. The number of benzene rings is 1. The molecular weight excluding hydrogens is 602 g/mol. The second-order valence-electron chi connectivity index (χ2n) is 10.9. The van der Waals surface area contributed by atoms with Gasteiger partial charge in [-0.25, -0.2) is 9.59 Å². The van der Waals surface area contributed by atoms with Gasteiger partial charge < -0.3 is 38.4 Å². The van der Waals surface area contributed by atoms with Crippen molar-refractivity contribution in [3.8, 4) is 0 Å². The Morgan fingerprint density at radius 1 is 0.891 bits per heavy atom. The third-order valence-corrected chi connectivity index (χ3v) is 7.57. The number of anilines is 1. The van der Waals surface area contributed by atoms with Gasteiger partial charge in [0.1, 0.15) is 11.1 Å². The van der Waals surface area contributed by atoms with Crippen LogP contribution in [0.1, 0.15) is 61.0 Å². The van der Waals surface area contributed by atoms with E-state index in [-0.39, 0.29) is 44.8 Å². The minimum atomic E-state index is -0.744. The maximum absolute atomic E-state index is 12.7. The second kappa shape index (κ2) is 17.7. The van der Waals surface area contributed by atoms with Crippen LogP contribution in [0, 0.1) is 0 Å². The van der Waals surface area contributed by atoms with Crippen LogP contribution in [0.5, 0.6) is 0 Å². The third-order valence-electron chi connectivity index (χ3n) is 7.57. The molecule has 0 atom stereocenters. The molecule has 0 aliphatic carbocycles. The van der Waals surface area contributed by atoms with Crippen LogP contribution in [0.15, 0.2) is 21.3 Å². The monoisotopic (exact) mass is 645 g/mol. The summed E-state index contributed by atoms with van der Waals surface area (Å²) in [7, 11) is 0. The van der Waals surface area contributed by atoms with Crippen LogP contribution in [0.2, 0.25) is 0 Å². The predicted molar refractivity (Wildman–Crippen MR) is 165 cm³/mol. The Kier molecular flexibility index (Phi) is 13.5. The molecule has 0 unspecified atom stereocenters. The van der Waals surface area contributed by atoms with E-state index in [1.54, 1.807) is 13.0 Å². The van der Waals surface area contributed by atoms with E-state index >= 15 is 0 Å². The highest BCUT2D eigenvalue weighted by atomic mass is 16.7.